The van der Waals surface area contributed by atoms with E-state index in [2.05, 4.69) is 36.8 Å². The zero-order chi connectivity index (χ0) is 18.0. The first-order chi connectivity index (χ1) is 12.7. The fraction of sp³-hybridized carbons (Fsp3) is 0.684. The Morgan fingerprint density at radius 3 is 2.58 bits per heavy atom. The monoisotopic (exact) mass is 375 g/mol. The first kappa shape index (κ1) is 18.1. The number of likely N-dealkylation sites (tertiary alicyclic amines) is 2. The van der Waals surface area contributed by atoms with Gasteiger partial charge in [-0.1, -0.05) is 0 Å². The smallest absolute Gasteiger partial charge is 0.0945 e. The lowest BCUT2D eigenvalue weighted by Crippen LogP contribution is -2.53. The molecule has 2 fully saturated rings. The minimum absolute atomic E-state index is 0.301. The molecule has 2 aliphatic heterocycles. The van der Waals surface area contributed by atoms with Crippen LogP contribution in [0, 0.1) is 11.3 Å². The van der Waals surface area contributed by atoms with Gasteiger partial charge in [-0.3, -0.25) is 9.80 Å². The fourth-order valence-electron chi connectivity index (χ4n) is 4.70. The lowest BCUT2D eigenvalue weighted by atomic mass is 9.64. The van der Waals surface area contributed by atoms with Crippen LogP contribution < -0.4 is 0 Å². The molecule has 2 saturated heterocycles. The molecule has 7 heteroatoms. The highest BCUT2D eigenvalue weighted by Gasteiger charge is 2.44. The molecule has 1 atom stereocenters. The standard InChI is InChI=1S/C19H29N5OS/c1-22-14-20-8-18(22)11-23-5-2-19(3-6-23)4-7-24(9-16(19)12-25)10-17-13-26-15-21-17/h8,13-16,25H,2-7,9-12H2,1H3/t16-/m1/s1. The van der Waals surface area contributed by atoms with Gasteiger partial charge in [0.05, 0.1) is 23.2 Å². The Kier molecular flexibility index (Phi) is 5.40. The van der Waals surface area contributed by atoms with Crippen molar-refractivity contribution in [2.45, 2.75) is 32.4 Å². The average molecular weight is 376 g/mol. The Hall–Kier alpha value is -1.28. The predicted octanol–water partition coefficient (Wildman–Crippen LogP) is 1.97. The third-order valence-electron chi connectivity index (χ3n) is 6.51. The van der Waals surface area contributed by atoms with Gasteiger partial charge >= 0.3 is 0 Å². The summed E-state index contributed by atoms with van der Waals surface area (Å²) in [4.78, 5) is 13.7. The summed E-state index contributed by atoms with van der Waals surface area (Å²) in [6.45, 7) is 6.55. The summed E-state index contributed by atoms with van der Waals surface area (Å²) in [5.41, 5.74) is 4.66. The van der Waals surface area contributed by atoms with Crippen LogP contribution in [0.2, 0.25) is 0 Å². The quantitative estimate of drug-likeness (QED) is 0.866. The minimum Gasteiger partial charge on any atom is -0.396 e. The molecule has 142 valence electrons. The van der Waals surface area contributed by atoms with Gasteiger partial charge in [0.2, 0.25) is 0 Å². The summed E-state index contributed by atoms with van der Waals surface area (Å²) >= 11 is 1.66. The lowest BCUT2D eigenvalue weighted by molar-refractivity contribution is -0.0454. The number of aryl methyl sites for hydroxylation is 1. The molecular formula is C19H29N5OS. The van der Waals surface area contributed by atoms with E-state index < -0.39 is 0 Å². The second kappa shape index (κ2) is 7.76. The third kappa shape index (κ3) is 3.71. The van der Waals surface area contributed by atoms with Gasteiger partial charge in [0.15, 0.2) is 0 Å². The van der Waals surface area contributed by atoms with E-state index in [-0.39, 0.29) is 0 Å². The van der Waals surface area contributed by atoms with Crippen molar-refractivity contribution in [1.82, 2.24) is 24.3 Å². The summed E-state index contributed by atoms with van der Waals surface area (Å²) in [5.74, 6) is 0.383. The topological polar surface area (TPSA) is 57.4 Å². The molecule has 0 radical (unpaired) electrons. The van der Waals surface area contributed by atoms with E-state index in [0.29, 0.717) is 17.9 Å². The van der Waals surface area contributed by atoms with E-state index in [1.807, 2.05) is 18.0 Å². The zero-order valence-electron chi connectivity index (χ0n) is 15.5. The van der Waals surface area contributed by atoms with Crippen LogP contribution >= 0.6 is 11.3 Å². The number of aliphatic hydroxyl groups is 1. The van der Waals surface area contributed by atoms with E-state index in [0.717, 1.165) is 45.0 Å². The fourth-order valence-corrected chi connectivity index (χ4v) is 5.25. The first-order valence-electron chi connectivity index (χ1n) is 9.56. The molecule has 2 aromatic heterocycles. The predicted molar refractivity (Wildman–Crippen MR) is 103 cm³/mol. The van der Waals surface area contributed by atoms with Gasteiger partial charge < -0.3 is 9.67 Å². The normalized spacial score (nSPS) is 24.3. The first-order valence-corrected chi connectivity index (χ1v) is 10.5. The van der Waals surface area contributed by atoms with Crippen molar-refractivity contribution in [2.75, 3.05) is 32.8 Å². The molecule has 6 nitrogen and oxygen atoms in total. The van der Waals surface area contributed by atoms with Crippen LogP contribution in [-0.4, -0.2) is 62.2 Å². The van der Waals surface area contributed by atoms with E-state index in [9.17, 15) is 5.11 Å². The third-order valence-corrected chi connectivity index (χ3v) is 7.15. The number of aromatic nitrogens is 3. The van der Waals surface area contributed by atoms with E-state index in [1.165, 1.54) is 25.0 Å². The number of hydrogen-bond acceptors (Lipinski definition) is 6. The molecule has 0 aromatic carbocycles. The Morgan fingerprint density at radius 2 is 1.96 bits per heavy atom. The van der Waals surface area contributed by atoms with Crippen molar-refractivity contribution < 1.29 is 5.11 Å². The van der Waals surface area contributed by atoms with Crippen LogP contribution in [0.4, 0.5) is 0 Å². The van der Waals surface area contributed by atoms with Crippen molar-refractivity contribution >= 4 is 11.3 Å². The van der Waals surface area contributed by atoms with Gasteiger partial charge in [-0.05, 0) is 44.3 Å². The van der Waals surface area contributed by atoms with E-state index in [4.69, 9.17) is 0 Å². The molecule has 4 heterocycles. The van der Waals surface area contributed by atoms with Crippen LogP contribution in [0.5, 0.6) is 0 Å². The Balaban J connectivity index is 1.34. The van der Waals surface area contributed by atoms with Crippen LogP contribution in [0.15, 0.2) is 23.4 Å². The van der Waals surface area contributed by atoms with Gasteiger partial charge in [-0.2, -0.15) is 0 Å². The highest BCUT2D eigenvalue weighted by atomic mass is 32.1. The van der Waals surface area contributed by atoms with Gasteiger partial charge in [0.1, 0.15) is 0 Å². The summed E-state index contributed by atoms with van der Waals surface area (Å²) in [6.07, 6.45) is 7.43. The SMILES string of the molecule is Cn1cncc1CN1CCC2(CC1)CCN(Cc1cscn1)C[C@@H]2CO. The molecule has 1 spiro atoms. The summed E-state index contributed by atoms with van der Waals surface area (Å²) in [5, 5.41) is 12.2. The largest absolute Gasteiger partial charge is 0.396 e. The van der Waals surface area contributed by atoms with Gasteiger partial charge in [0, 0.05) is 50.8 Å². The maximum atomic E-state index is 10.1. The molecule has 0 saturated carbocycles. The molecule has 0 unspecified atom stereocenters. The molecule has 2 aliphatic rings. The second-order valence-electron chi connectivity index (χ2n) is 7.98. The Labute approximate surface area is 159 Å². The van der Waals surface area contributed by atoms with Crippen molar-refractivity contribution in [3.63, 3.8) is 0 Å². The highest BCUT2D eigenvalue weighted by Crippen LogP contribution is 2.45. The number of hydrogen-bond donors (Lipinski definition) is 1. The van der Waals surface area contributed by atoms with Crippen molar-refractivity contribution in [3.8, 4) is 0 Å². The molecule has 1 N–H and O–H groups in total. The molecule has 26 heavy (non-hydrogen) atoms. The van der Waals surface area contributed by atoms with Gasteiger partial charge in [-0.15, -0.1) is 11.3 Å². The molecule has 0 aliphatic carbocycles. The second-order valence-corrected chi connectivity index (χ2v) is 8.70. The number of piperidine rings is 2. The lowest BCUT2D eigenvalue weighted by Gasteiger charge is -2.51. The van der Waals surface area contributed by atoms with Crippen molar-refractivity contribution in [3.05, 3.63) is 34.8 Å². The molecule has 2 aromatic rings. The molecular weight excluding hydrogens is 346 g/mol. The van der Waals surface area contributed by atoms with Crippen LogP contribution in [-0.2, 0) is 20.1 Å². The number of aliphatic hydroxyl groups excluding tert-OH is 1. The Bertz CT molecular complexity index is 693. The van der Waals surface area contributed by atoms with E-state index >= 15 is 0 Å². The number of nitrogens with zero attached hydrogens (tertiary/aromatic N) is 5. The Morgan fingerprint density at radius 1 is 1.19 bits per heavy atom. The summed E-state index contributed by atoms with van der Waals surface area (Å²) < 4.78 is 2.11. The molecule has 4 rings (SSSR count). The average Bonchev–Trinajstić information content (AvgIpc) is 3.31. The highest BCUT2D eigenvalue weighted by molar-refractivity contribution is 7.07. The van der Waals surface area contributed by atoms with Gasteiger partial charge in [0.25, 0.3) is 0 Å². The van der Waals surface area contributed by atoms with Crippen LogP contribution in [0.1, 0.15) is 30.7 Å². The number of imidazole rings is 1. The van der Waals surface area contributed by atoms with Crippen LogP contribution in [0.25, 0.3) is 0 Å². The molecule has 0 bridgehead atoms. The maximum absolute atomic E-state index is 10.1. The van der Waals surface area contributed by atoms with Gasteiger partial charge in [-0.25, -0.2) is 9.97 Å². The summed E-state index contributed by atoms with van der Waals surface area (Å²) in [7, 11) is 2.06. The zero-order valence-corrected chi connectivity index (χ0v) is 16.4. The van der Waals surface area contributed by atoms with Crippen LogP contribution in [0.3, 0.4) is 0 Å². The van der Waals surface area contributed by atoms with Crippen molar-refractivity contribution in [2.24, 2.45) is 18.4 Å². The molecule has 0 amide bonds. The minimum atomic E-state index is 0.301. The number of rotatable bonds is 5. The number of thiazole rings is 1. The van der Waals surface area contributed by atoms with E-state index in [1.54, 1.807) is 11.3 Å². The maximum Gasteiger partial charge on any atom is 0.0945 e. The summed E-state index contributed by atoms with van der Waals surface area (Å²) in [6, 6.07) is 0. The van der Waals surface area contributed by atoms with Crippen molar-refractivity contribution in [1.29, 1.82) is 0 Å².